The number of benzene rings is 2. The van der Waals surface area contributed by atoms with Crippen LogP contribution in [0.3, 0.4) is 0 Å². The molecule has 2 N–H and O–H groups in total. The number of methoxy groups -OCH3 is 1. The number of anilines is 1. The standard InChI is InChI=1S/C29H28N2O4/c1-17-8-4-5-11-21(17)31-29(33)26-18(2)30-22-12-7-13-23(32)27(22)28(26)25-15-14-24(35-25)19-9-6-10-20(16-19)34-3/h4-6,8-11,14-16,28,30H,7,12-13H2,1-3H3,(H,31,33). The Kier molecular flexibility index (Phi) is 6.03. The van der Waals surface area contributed by atoms with Crippen molar-refractivity contribution >= 4 is 17.4 Å². The minimum absolute atomic E-state index is 0.0526. The molecule has 0 bridgehead atoms. The van der Waals surface area contributed by atoms with Crippen LogP contribution in [-0.4, -0.2) is 18.8 Å². The minimum Gasteiger partial charge on any atom is -0.497 e. The first-order chi connectivity index (χ1) is 17.0. The smallest absolute Gasteiger partial charge is 0.254 e. The maximum absolute atomic E-state index is 13.7. The zero-order valence-corrected chi connectivity index (χ0v) is 20.1. The monoisotopic (exact) mass is 468 g/mol. The third kappa shape index (κ3) is 4.28. The van der Waals surface area contributed by atoms with Crippen molar-refractivity contribution in [3.8, 4) is 17.1 Å². The number of hydrogen-bond acceptors (Lipinski definition) is 5. The number of amides is 1. The molecule has 0 fully saturated rings. The number of para-hydroxylation sites is 1. The van der Waals surface area contributed by atoms with Gasteiger partial charge in [0.2, 0.25) is 0 Å². The average Bonchev–Trinajstić information content (AvgIpc) is 3.35. The summed E-state index contributed by atoms with van der Waals surface area (Å²) in [6.45, 7) is 3.83. The second kappa shape index (κ2) is 9.29. The molecule has 2 aliphatic rings. The summed E-state index contributed by atoms with van der Waals surface area (Å²) in [4.78, 5) is 26.8. The van der Waals surface area contributed by atoms with Crippen LogP contribution in [0.5, 0.6) is 5.75 Å². The van der Waals surface area contributed by atoms with Gasteiger partial charge in [-0.2, -0.15) is 0 Å². The van der Waals surface area contributed by atoms with E-state index in [4.69, 9.17) is 9.15 Å². The number of aryl methyl sites for hydroxylation is 1. The van der Waals surface area contributed by atoms with Crippen LogP contribution in [0.1, 0.15) is 43.4 Å². The second-order valence-electron chi connectivity index (χ2n) is 8.97. The summed E-state index contributed by atoms with van der Waals surface area (Å²) in [5.41, 5.74) is 5.30. The number of ketones is 1. The number of carbonyl (C=O) groups is 2. The van der Waals surface area contributed by atoms with E-state index in [2.05, 4.69) is 10.6 Å². The predicted molar refractivity (Wildman–Crippen MR) is 135 cm³/mol. The molecule has 1 amide bonds. The molecule has 0 spiro atoms. The third-order valence-electron chi connectivity index (χ3n) is 6.68. The highest BCUT2D eigenvalue weighted by Gasteiger charge is 2.40. The van der Waals surface area contributed by atoms with Crippen LogP contribution in [0, 0.1) is 6.92 Å². The third-order valence-corrected chi connectivity index (χ3v) is 6.68. The highest BCUT2D eigenvalue weighted by atomic mass is 16.5. The number of dihydropyridines is 1. The number of furan rings is 1. The summed E-state index contributed by atoms with van der Waals surface area (Å²) >= 11 is 0. The quantitative estimate of drug-likeness (QED) is 0.489. The Bertz CT molecular complexity index is 1380. The van der Waals surface area contributed by atoms with E-state index in [1.165, 1.54) is 0 Å². The van der Waals surface area contributed by atoms with Gasteiger partial charge < -0.3 is 19.8 Å². The van der Waals surface area contributed by atoms with E-state index in [1.54, 1.807) is 7.11 Å². The van der Waals surface area contributed by atoms with Crippen LogP contribution >= 0.6 is 0 Å². The zero-order chi connectivity index (χ0) is 24.5. The molecular weight excluding hydrogens is 440 g/mol. The second-order valence-corrected chi connectivity index (χ2v) is 8.97. The molecule has 2 heterocycles. The Morgan fingerprint density at radius 3 is 2.69 bits per heavy atom. The van der Waals surface area contributed by atoms with Gasteiger partial charge in [0.05, 0.1) is 18.6 Å². The number of ether oxygens (including phenoxy) is 1. The summed E-state index contributed by atoms with van der Waals surface area (Å²) in [5, 5.41) is 6.40. The topological polar surface area (TPSA) is 80.6 Å². The Morgan fingerprint density at radius 1 is 1.06 bits per heavy atom. The largest absolute Gasteiger partial charge is 0.497 e. The minimum atomic E-state index is -0.581. The van der Waals surface area contributed by atoms with Crippen molar-refractivity contribution in [1.82, 2.24) is 5.32 Å². The van der Waals surface area contributed by atoms with E-state index in [9.17, 15) is 9.59 Å². The number of nitrogens with one attached hydrogen (secondary N) is 2. The molecule has 0 radical (unpaired) electrons. The van der Waals surface area contributed by atoms with Gasteiger partial charge in [-0.25, -0.2) is 0 Å². The molecule has 0 saturated heterocycles. The van der Waals surface area contributed by atoms with Gasteiger partial charge in [-0.1, -0.05) is 30.3 Å². The highest BCUT2D eigenvalue weighted by molar-refractivity contribution is 6.09. The van der Waals surface area contributed by atoms with Crippen molar-refractivity contribution in [2.24, 2.45) is 0 Å². The predicted octanol–water partition coefficient (Wildman–Crippen LogP) is 5.87. The molecule has 178 valence electrons. The van der Waals surface area contributed by atoms with Crippen molar-refractivity contribution in [2.45, 2.75) is 39.0 Å². The number of rotatable bonds is 5. The van der Waals surface area contributed by atoms with E-state index in [1.807, 2.05) is 74.5 Å². The van der Waals surface area contributed by atoms with Crippen LogP contribution in [0.2, 0.25) is 0 Å². The van der Waals surface area contributed by atoms with Gasteiger partial charge >= 0.3 is 0 Å². The van der Waals surface area contributed by atoms with Crippen LogP contribution < -0.4 is 15.4 Å². The molecule has 5 rings (SSSR count). The first-order valence-corrected chi connectivity index (χ1v) is 11.8. The number of allylic oxidation sites excluding steroid dienone is 3. The molecule has 3 aromatic rings. The number of Topliss-reactive ketones (excluding diaryl/α,β-unsaturated/α-hetero) is 1. The average molecular weight is 469 g/mol. The molecule has 1 unspecified atom stereocenters. The van der Waals surface area contributed by atoms with Gasteiger partial charge in [0.25, 0.3) is 5.91 Å². The molecule has 2 aromatic carbocycles. The van der Waals surface area contributed by atoms with E-state index >= 15 is 0 Å². The molecule has 35 heavy (non-hydrogen) atoms. The normalized spacial score (nSPS) is 17.7. The lowest BCUT2D eigenvalue weighted by Gasteiger charge is -2.33. The van der Waals surface area contributed by atoms with Gasteiger partial charge in [-0.05, 0) is 62.6 Å². The van der Waals surface area contributed by atoms with Crippen molar-refractivity contribution in [3.63, 3.8) is 0 Å². The van der Waals surface area contributed by atoms with Crippen LogP contribution in [0.25, 0.3) is 11.3 Å². The van der Waals surface area contributed by atoms with Crippen LogP contribution in [-0.2, 0) is 9.59 Å². The fourth-order valence-corrected chi connectivity index (χ4v) is 4.91. The first kappa shape index (κ1) is 22.7. The van der Waals surface area contributed by atoms with Gasteiger partial charge in [0.1, 0.15) is 17.3 Å². The molecular formula is C29H28N2O4. The molecule has 0 saturated carbocycles. The lowest BCUT2D eigenvalue weighted by molar-refractivity contribution is -0.116. The number of hydrogen-bond donors (Lipinski definition) is 2. The van der Waals surface area contributed by atoms with Crippen molar-refractivity contribution in [3.05, 3.63) is 94.5 Å². The first-order valence-electron chi connectivity index (χ1n) is 11.8. The van der Waals surface area contributed by atoms with Crippen molar-refractivity contribution in [2.75, 3.05) is 12.4 Å². The summed E-state index contributed by atoms with van der Waals surface area (Å²) in [6.07, 6.45) is 2.03. The molecule has 1 atom stereocenters. The van der Waals surface area contributed by atoms with Crippen molar-refractivity contribution in [1.29, 1.82) is 0 Å². The maximum Gasteiger partial charge on any atom is 0.254 e. The zero-order valence-electron chi connectivity index (χ0n) is 20.1. The highest BCUT2D eigenvalue weighted by Crippen LogP contribution is 2.44. The Balaban J connectivity index is 1.58. The van der Waals surface area contributed by atoms with Gasteiger partial charge in [0.15, 0.2) is 5.78 Å². The Morgan fingerprint density at radius 2 is 1.89 bits per heavy atom. The lowest BCUT2D eigenvalue weighted by atomic mass is 9.77. The van der Waals surface area contributed by atoms with E-state index in [-0.39, 0.29) is 11.7 Å². The number of carbonyl (C=O) groups excluding carboxylic acids is 2. The van der Waals surface area contributed by atoms with E-state index in [0.717, 1.165) is 46.8 Å². The van der Waals surface area contributed by atoms with Crippen molar-refractivity contribution < 1.29 is 18.7 Å². The van der Waals surface area contributed by atoms with E-state index in [0.29, 0.717) is 29.1 Å². The van der Waals surface area contributed by atoms with E-state index < -0.39 is 5.92 Å². The molecule has 6 heteroatoms. The Hall–Kier alpha value is -4.06. The summed E-state index contributed by atoms with van der Waals surface area (Å²) in [7, 11) is 1.62. The molecule has 1 aliphatic heterocycles. The van der Waals surface area contributed by atoms with Crippen LogP contribution in [0.4, 0.5) is 5.69 Å². The lowest BCUT2D eigenvalue weighted by Crippen LogP contribution is -2.35. The summed E-state index contributed by atoms with van der Waals surface area (Å²) in [6, 6.07) is 19.0. The summed E-state index contributed by atoms with van der Waals surface area (Å²) < 4.78 is 11.7. The maximum atomic E-state index is 13.7. The Labute approximate surface area is 204 Å². The molecule has 6 nitrogen and oxygen atoms in total. The van der Waals surface area contributed by atoms with Gasteiger partial charge in [-0.3, -0.25) is 9.59 Å². The van der Waals surface area contributed by atoms with Crippen LogP contribution in [0.15, 0.2) is 87.6 Å². The SMILES string of the molecule is COc1cccc(-c2ccc(C3C(C(=O)Nc4ccccc4C)=C(C)NC4=C3C(=O)CCC4)o2)c1. The summed E-state index contributed by atoms with van der Waals surface area (Å²) in [5.74, 6) is 1.17. The molecule has 1 aliphatic carbocycles. The van der Waals surface area contributed by atoms with Gasteiger partial charge in [0, 0.05) is 34.6 Å². The fraction of sp³-hybridized carbons (Fsp3) is 0.241. The molecule has 1 aromatic heterocycles. The van der Waals surface area contributed by atoms with Gasteiger partial charge in [-0.15, -0.1) is 0 Å². The fourth-order valence-electron chi connectivity index (χ4n) is 4.91.